The van der Waals surface area contributed by atoms with Crippen LogP contribution >= 0.6 is 7.14 Å². The van der Waals surface area contributed by atoms with Crippen molar-refractivity contribution < 1.29 is 4.57 Å². The predicted molar refractivity (Wildman–Crippen MR) is 166 cm³/mol. The normalized spacial score (nSPS) is 13.8. The number of hydrogen-bond acceptors (Lipinski definition) is 3. The van der Waals surface area contributed by atoms with Crippen LogP contribution in [0.25, 0.3) is 27.5 Å². The maximum Gasteiger partial charge on any atom is 0.175 e. The molecule has 1 aliphatic heterocycles. The van der Waals surface area contributed by atoms with Crippen molar-refractivity contribution in [1.29, 1.82) is 0 Å². The number of pyridine rings is 1. The number of hydrogen-bond donors (Lipinski definition) is 0. The molecule has 0 saturated carbocycles. The van der Waals surface area contributed by atoms with E-state index < -0.39 is 7.14 Å². The maximum absolute atomic E-state index is 15.1. The zero-order valence-electron chi connectivity index (χ0n) is 21.6. The zero-order valence-corrected chi connectivity index (χ0v) is 22.4. The summed E-state index contributed by atoms with van der Waals surface area (Å²) >= 11 is 0. The Morgan fingerprint density at radius 2 is 1.10 bits per heavy atom. The number of fused-ring (bicyclic) bond motifs is 5. The second kappa shape index (κ2) is 8.81. The highest BCUT2D eigenvalue weighted by molar-refractivity contribution is 7.86. The molecule has 0 N–H and O–H groups in total. The van der Waals surface area contributed by atoms with Gasteiger partial charge in [-0.3, -0.25) is 4.98 Å². The van der Waals surface area contributed by atoms with E-state index in [4.69, 9.17) is 0 Å². The van der Waals surface area contributed by atoms with E-state index in [1.807, 2.05) is 79.1 Å². The summed E-state index contributed by atoms with van der Waals surface area (Å²) in [7, 11) is -3.06. The molecule has 190 valence electrons. The fraction of sp³-hybridized carbons (Fsp3) is 0. The summed E-state index contributed by atoms with van der Waals surface area (Å²) in [6.45, 7) is 0. The van der Waals surface area contributed by atoms with E-state index in [9.17, 15) is 0 Å². The third kappa shape index (κ3) is 3.20. The minimum absolute atomic E-state index is 0.852. The van der Waals surface area contributed by atoms with E-state index in [-0.39, 0.29) is 0 Å². The minimum Gasteiger partial charge on any atom is -0.309 e. The molecule has 8 rings (SSSR count). The molecular formula is C35H24N3OP. The summed E-state index contributed by atoms with van der Waals surface area (Å²) in [5, 5.41) is 4.96. The summed E-state index contributed by atoms with van der Waals surface area (Å²) < 4.78 is 17.3. The molecule has 4 nitrogen and oxygen atoms in total. The molecule has 0 fully saturated rings. The Bertz CT molecular complexity index is 1990. The molecule has 0 aliphatic carbocycles. The fourth-order valence-corrected chi connectivity index (χ4v) is 9.13. The lowest BCUT2D eigenvalue weighted by Crippen LogP contribution is -2.36. The topological polar surface area (TPSA) is 38.1 Å². The first kappa shape index (κ1) is 23.0. The summed E-state index contributed by atoms with van der Waals surface area (Å²) in [5.74, 6) is 0. The third-order valence-electron chi connectivity index (χ3n) is 7.89. The molecule has 2 aromatic heterocycles. The molecule has 7 aromatic rings. The highest BCUT2D eigenvalue weighted by Gasteiger charge is 2.40. The van der Waals surface area contributed by atoms with Gasteiger partial charge in [0, 0.05) is 44.3 Å². The van der Waals surface area contributed by atoms with Crippen molar-refractivity contribution in [1.82, 2.24) is 9.55 Å². The summed E-state index contributed by atoms with van der Waals surface area (Å²) in [6, 6.07) is 45.3. The Morgan fingerprint density at radius 3 is 1.82 bits per heavy atom. The van der Waals surface area contributed by atoms with Crippen molar-refractivity contribution in [3.8, 4) is 5.69 Å². The van der Waals surface area contributed by atoms with Gasteiger partial charge in [-0.15, -0.1) is 0 Å². The van der Waals surface area contributed by atoms with E-state index in [2.05, 4.69) is 81.2 Å². The Kier molecular flexibility index (Phi) is 5.07. The first-order valence-electron chi connectivity index (χ1n) is 13.3. The number of rotatable bonds is 3. The Labute approximate surface area is 232 Å². The quantitative estimate of drug-likeness (QED) is 0.220. The minimum atomic E-state index is -3.06. The molecule has 0 amide bonds. The fourth-order valence-electron chi connectivity index (χ4n) is 6.14. The zero-order chi connectivity index (χ0) is 26.7. The molecule has 1 aliphatic rings. The van der Waals surface area contributed by atoms with Crippen LogP contribution in [0.3, 0.4) is 0 Å². The van der Waals surface area contributed by atoms with Gasteiger partial charge in [0.15, 0.2) is 7.14 Å². The van der Waals surface area contributed by atoms with Crippen LogP contribution in [-0.2, 0) is 4.57 Å². The summed E-state index contributed by atoms with van der Waals surface area (Å²) in [4.78, 5) is 6.66. The van der Waals surface area contributed by atoms with E-state index in [0.717, 1.165) is 49.7 Å². The number of anilines is 3. The maximum atomic E-state index is 15.1. The standard InChI is InChI=1S/C35H24N3OP/c39-40(27-10-2-1-3-11-27)34-16-8-6-14-31(34)38(32-15-7-9-17-35(32)40)26-20-18-25(19-21-26)37-30-13-5-4-12-28(30)29-22-23-36-24-33(29)37/h1-24H. The number of para-hydroxylation sites is 3. The molecule has 0 saturated heterocycles. The first-order valence-corrected chi connectivity index (χ1v) is 15.0. The van der Waals surface area contributed by atoms with E-state index >= 15 is 4.57 Å². The highest BCUT2D eigenvalue weighted by atomic mass is 31.2. The third-order valence-corrected chi connectivity index (χ3v) is 11.0. The van der Waals surface area contributed by atoms with Crippen LogP contribution in [0.15, 0.2) is 146 Å². The van der Waals surface area contributed by atoms with E-state index in [1.54, 1.807) is 0 Å². The summed E-state index contributed by atoms with van der Waals surface area (Å²) in [6.07, 6.45) is 3.78. The number of aromatic nitrogens is 2. The molecule has 0 radical (unpaired) electrons. The molecular weight excluding hydrogens is 509 g/mol. The second-order valence-electron chi connectivity index (χ2n) is 10.0. The van der Waals surface area contributed by atoms with Crippen molar-refractivity contribution >= 4 is 61.9 Å². The second-order valence-corrected chi connectivity index (χ2v) is 12.7. The molecule has 0 bridgehead atoms. The Morgan fingerprint density at radius 1 is 0.525 bits per heavy atom. The molecule has 5 heteroatoms. The Hall–Kier alpha value is -4.92. The van der Waals surface area contributed by atoms with Crippen molar-refractivity contribution in [2.45, 2.75) is 0 Å². The van der Waals surface area contributed by atoms with Gasteiger partial charge in [0.05, 0.1) is 28.6 Å². The lowest BCUT2D eigenvalue weighted by atomic mass is 10.1. The van der Waals surface area contributed by atoms with Crippen LogP contribution in [0.2, 0.25) is 0 Å². The van der Waals surface area contributed by atoms with Crippen molar-refractivity contribution in [3.63, 3.8) is 0 Å². The number of nitrogens with zero attached hydrogens (tertiary/aromatic N) is 3. The number of benzene rings is 5. The van der Waals surface area contributed by atoms with E-state index in [1.165, 1.54) is 10.8 Å². The predicted octanol–water partition coefficient (Wildman–Crippen LogP) is 7.60. The van der Waals surface area contributed by atoms with Gasteiger partial charge in [-0.25, -0.2) is 0 Å². The van der Waals surface area contributed by atoms with Crippen LogP contribution in [-0.4, -0.2) is 9.55 Å². The van der Waals surface area contributed by atoms with Gasteiger partial charge in [0.25, 0.3) is 0 Å². The van der Waals surface area contributed by atoms with Crippen molar-refractivity contribution in [2.24, 2.45) is 0 Å². The van der Waals surface area contributed by atoms with Crippen LogP contribution in [0, 0.1) is 0 Å². The van der Waals surface area contributed by atoms with Gasteiger partial charge in [-0.05, 0) is 60.7 Å². The van der Waals surface area contributed by atoms with Gasteiger partial charge in [0.1, 0.15) is 0 Å². The van der Waals surface area contributed by atoms with Crippen LogP contribution < -0.4 is 20.8 Å². The molecule has 3 heterocycles. The highest BCUT2D eigenvalue weighted by Crippen LogP contribution is 2.53. The largest absolute Gasteiger partial charge is 0.309 e. The average molecular weight is 534 g/mol. The molecule has 5 aromatic carbocycles. The molecule has 0 spiro atoms. The van der Waals surface area contributed by atoms with Crippen LogP contribution in [0.4, 0.5) is 17.1 Å². The van der Waals surface area contributed by atoms with Crippen LogP contribution in [0.5, 0.6) is 0 Å². The van der Waals surface area contributed by atoms with Gasteiger partial charge in [-0.2, -0.15) is 0 Å². The van der Waals surface area contributed by atoms with Gasteiger partial charge < -0.3 is 14.0 Å². The van der Waals surface area contributed by atoms with Crippen molar-refractivity contribution in [2.75, 3.05) is 4.90 Å². The molecule has 0 unspecified atom stereocenters. The molecule has 40 heavy (non-hydrogen) atoms. The lowest BCUT2D eigenvalue weighted by Gasteiger charge is -2.37. The first-order chi connectivity index (χ1) is 19.7. The summed E-state index contributed by atoms with van der Waals surface area (Å²) in [5.41, 5.74) is 6.20. The average Bonchev–Trinajstić information content (AvgIpc) is 3.36. The Balaban J connectivity index is 1.32. The van der Waals surface area contributed by atoms with E-state index in [0.29, 0.717) is 0 Å². The van der Waals surface area contributed by atoms with Crippen molar-refractivity contribution in [3.05, 3.63) is 146 Å². The smallest absolute Gasteiger partial charge is 0.175 e. The molecule has 0 atom stereocenters. The monoisotopic (exact) mass is 533 g/mol. The van der Waals surface area contributed by atoms with Gasteiger partial charge >= 0.3 is 0 Å². The lowest BCUT2D eigenvalue weighted by molar-refractivity contribution is 0.592. The van der Waals surface area contributed by atoms with Crippen LogP contribution in [0.1, 0.15) is 0 Å². The van der Waals surface area contributed by atoms with Gasteiger partial charge in [-0.1, -0.05) is 72.8 Å². The van der Waals surface area contributed by atoms with Gasteiger partial charge in [0.2, 0.25) is 0 Å². The SMILES string of the molecule is O=P1(c2ccccc2)c2ccccc2N(c2ccc(-n3c4ccccc4c4ccncc43)cc2)c2ccccc21.